The summed E-state index contributed by atoms with van der Waals surface area (Å²) >= 11 is 6.47. The first-order chi connectivity index (χ1) is 10.6. The van der Waals surface area contributed by atoms with Gasteiger partial charge in [-0.25, -0.2) is 0 Å². The van der Waals surface area contributed by atoms with E-state index in [1.807, 2.05) is 0 Å². The van der Waals surface area contributed by atoms with Crippen LogP contribution < -0.4 is 0 Å². The predicted molar refractivity (Wildman–Crippen MR) is 94.4 cm³/mol. The predicted octanol–water partition coefficient (Wildman–Crippen LogP) is 5.96. The summed E-state index contributed by atoms with van der Waals surface area (Å²) in [6.07, 6.45) is 19.3. The Bertz CT molecular complexity index is 362. The zero-order valence-corrected chi connectivity index (χ0v) is 14.6. The van der Waals surface area contributed by atoms with Gasteiger partial charge in [0.1, 0.15) is 0 Å². The largest absolute Gasteiger partial charge is 0.481 e. The monoisotopic (exact) mass is 326 g/mol. The van der Waals surface area contributed by atoms with Gasteiger partial charge in [-0.1, -0.05) is 44.1 Å². The van der Waals surface area contributed by atoms with Crippen molar-refractivity contribution in [2.24, 2.45) is 11.8 Å². The number of rotatable bonds is 11. The third kappa shape index (κ3) is 8.03. The molecule has 0 amide bonds. The average molecular weight is 327 g/mol. The van der Waals surface area contributed by atoms with E-state index in [2.05, 4.69) is 31.2 Å². The summed E-state index contributed by atoms with van der Waals surface area (Å²) in [5.41, 5.74) is 0. The minimum Gasteiger partial charge on any atom is -0.481 e. The maximum atomic E-state index is 10.4. The van der Waals surface area contributed by atoms with Crippen LogP contribution in [0.3, 0.4) is 0 Å². The van der Waals surface area contributed by atoms with Gasteiger partial charge in [0.2, 0.25) is 0 Å². The van der Waals surface area contributed by atoms with Crippen LogP contribution in [0.15, 0.2) is 24.3 Å². The van der Waals surface area contributed by atoms with Crippen molar-refractivity contribution in [1.29, 1.82) is 0 Å². The van der Waals surface area contributed by atoms with Crippen molar-refractivity contribution in [3.63, 3.8) is 0 Å². The highest BCUT2D eigenvalue weighted by Gasteiger charge is 2.32. The SMILES string of the molecule is CCCCCC=C[C@H]1CCC(Cl)[C@@H]1CC=CCCCC(=O)O. The molecule has 0 aromatic heterocycles. The van der Waals surface area contributed by atoms with Gasteiger partial charge in [0.15, 0.2) is 0 Å². The summed E-state index contributed by atoms with van der Waals surface area (Å²) in [4.78, 5) is 10.4. The van der Waals surface area contributed by atoms with Crippen LogP contribution >= 0.6 is 11.6 Å². The summed E-state index contributed by atoms with van der Waals surface area (Å²) in [7, 11) is 0. The summed E-state index contributed by atoms with van der Waals surface area (Å²) < 4.78 is 0. The van der Waals surface area contributed by atoms with E-state index in [4.69, 9.17) is 16.7 Å². The lowest BCUT2D eigenvalue weighted by molar-refractivity contribution is -0.137. The van der Waals surface area contributed by atoms with E-state index in [0.29, 0.717) is 11.8 Å². The maximum absolute atomic E-state index is 10.4. The van der Waals surface area contributed by atoms with Crippen LogP contribution in [0.25, 0.3) is 0 Å². The summed E-state index contributed by atoms with van der Waals surface area (Å²) in [5.74, 6) is 0.450. The Hall–Kier alpha value is -0.760. The van der Waals surface area contributed by atoms with Crippen LogP contribution in [0.2, 0.25) is 0 Å². The molecule has 0 aromatic rings. The number of allylic oxidation sites excluding steroid dienone is 4. The molecule has 1 rings (SSSR count). The second kappa shape index (κ2) is 11.8. The fraction of sp³-hybridized carbons (Fsp3) is 0.737. The second-order valence-electron chi connectivity index (χ2n) is 6.34. The molecular weight excluding hydrogens is 296 g/mol. The molecule has 0 radical (unpaired) electrons. The van der Waals surface area contributed by atoms with E-state index < -0.39 is 5.97 Å². The molecule has 0 heterocycles. The molecule has 1 aliphatic rings. The molecular formula is C19H31ClO2. The molecule has 0 aliphatic heterocycles. The zero-order valence-electron chi connectivity index (χ0n) is 13.8. The number of carboxylic acid groups (broad SMARTS) is 1. The number of alkyl halides is 1. The lowest BCUT2D eigenvalue weighted by Crippen LogP contribution is -2.12. The Morgan fingerprint density at radius 3 is 2.64 bits per heavy atom. The molecule has 3 heteroatoms. The van der Waals surface area contributed by atoms with Crippen molar-refractivity contribution in [2.75, 3.05) is 0 Å². The fourth-order valence-corrected chi connectivity index (χ4v) is 3.55. The lowest BCUT2D eigenvalue weighted by Gasteiger charge is -2.17. The highest BCUT2D eigenvalue weighted by atomic mass is 35.5. The molecule has 1 fully saturated rings. The van der Waals surface area contributed by atoms with Gasteiger partial charge in [0.05, 0.1) is 0 Å². The van der Waals surface area contributed by atoms with Crippen LogP contribution in [0.1, 0.15) is 71.1 Å². The highest BCUT2D eigenvalue weighted by Crippen LogP contribution is 2.39. The van der Waals surface area contributed by atoms with Crippen molar-refractivity contribution >= 4 is 17.6 Å². The molecule has 2 nitrogen and oxygen atoms in total. The molecule has 22 heavy (non-hydrogen) atoms. The first kappa shape index (κ1) is 19.3. The number of aliphatic carboxylic acids is 1. The third-order valence-electron chi connectivity index (χ3n) is 4.48. The Kier molecular flexibility index (Phi) is 10.3. The van der Waals surface area contributed by atoms with Gasteiger partial charge < -0.3 is 5.11 Å². The molecule has 1 saturated carbocycles. The fourth-order valence-electron chi connectivity index (χ4n) is 3.13. The van der Waals surface area contributed by atoms with E-state index in [9.17, 15) is 4.79 Å². The molecule has 1 unspecified atom stereocenters. The Morgan fingerprint density at radius 1 is 1.14 bits per heavy atom. The van der Waals surface area contributed by atoms with Crippen molar-refractivity contribution in [3.05, 3.63) is 24.3 Å². The molecule has 0 bridgehead atoms. The van der Waals surface area contributed by atoms with E-state index in [-0.39, 0.29) is 11.8 Å². The minimum absolute atomic E-state index is 0.259. The first-order valence-corrected chi connectivity index (χ1v) is 9.26. The molecule has 1 N–H and O–H groups in total. The highest BCUT2D eigenvalue weighted by molar-refractivity contribution is 6.21. The molecule has 3 atom stereocenters. The maximum Gasteiger partial charge on any atom is 0.303 e. The van der Waals surface area contributed by atoms with Crippen LogP contribution in [0.5, 0.6) is 0 Å². The standard InChI is InChI=1S/C19H31ClO2/c1-2-3-4-5-8-11-16-14-15-18(20)17(16)12-9-6-7-10-13-19(21)22/h6,8-9,11,16-18H,2-5,7,10,12-15H2,1H3,(H,21,22)/t16-,17+,18?/m0/s1. The van der Waals surface area contributed by atoms with Gasteiger partial charge in [-0.3, -0.25) is 4.79 Å². The first-order valence-electron chi connectivity index (χ1n) is 8.82. The lowest BCUT2D eigenvalue weighted by atomic mass is 9.91. The Morgan fingerprint density at radius 2 is 1.91 bits per heavy atom. The van der Waals surface area contributed by atoms with Gasteiger partial charge in [0, 0.05) is 11.8 Å². The molecule has 0 saturated heterocycles. The third-order valence-corrected chi connectivity index (χ3v) is 5.03. The minimum atomic E-state index is -0.710. The van der Waals surface area contributed by atoms with E-state index >= 15 is 0 Å². The molecule has 126 valence electrons. The van der Waals surface area contributed by atoms with E-state index in [1.54, 1.807) is 0 Å². The van der Waals surface area contributed by atoms with Crippen LogP contribution in [0.4, 0.5) is 0 Å². The molecule has 1 aliphatic carbocycles. The quantitative estimate of drug-likeness (QED) is 0.289. The number of carbonyl (C=O) groups is 1. The van der Waals surface area contributed by atoms with Crippen LogP contribution in [0, 0.1) is 11.8 Å². The Labute approximate surface area is 140 Å². The van der Waals surface area contributed by atoms with Gasteiger partial charge in [-0.2, -0.15) is 0 Å². The number of hydrogen-bond donors (Lipinski definition) is 1. The van der Waals surface area contributed by atoms with Crippen LogP contribution in [-0.2, 0) is 4.79 Å². The van der Waals surface area contributed by atoms with Gasteiger partial charge in [-0.05, 0) is 56.8 Å². The number of hydrogen-bond acceptors (Lipinski definition) is 1. The van der Waals surface area contributed by atoms with Gasteiger partial charge in [0.25, 0.3) is 0 Å². The topological polar surface area (TPSA) is 37.3 Å². The molecule has 0 aromatic carbocycles. The van der Waals surface area contributed by atoms with Crippen molar-refractivity contribution in [3.8, 4) is 0 Å². The number of carboxylic acids is 1. The molecule has 0 spiro atoms. The summed E-state index contributed by atoms with van der Waals surface area (Å²) in [5, 5.41) is 8.89. The normalized spacial score (nSPS) is 25.5. The average Bonchev–Trinajstić information content (AvgIpc) is 2.83. The zero-order chi connectivity index (χ0) is 16.2. The van der Waals surface area contributed by atoms with Crippen molar-refractivity contribution in [2.45, 2.75) is 76.5 Å². The van der Waals surface area contributed by atoms with E-state index in [0.717, 1.165) is 25.7 Å². The number of halogens is 1. The van der Waals surface area contributed by atoms with Gasteiger partial charge in [-0.15, -0.1) is 11.6 Å². The van der Waals surface area contributed by atoms with Gasteiger partial charge >= 0.3 is 5.97 Å². The van der Waals surface area contributed by atoms with Crippen LogP contribution in [-0.4, -0.2) is 16.5 Å². The van der Waals surface area contributed by atoms with E-state index in [1.165, 1.54) is 32.1 Å². The smallest absolute Gasteiger partial charge is 0.303 e. The Balaban J connectivity index is 2.28. The number of unbranched alkanes of at least 4 members (excludes halogenated alkanes) is 4. The second-order valence-corrected chi connectivity index (χ2v) is 6.90. The summed E-state index contributed by atoms with van der Waals surface area (Å²) in [6.45, 7) is 2.23. The van der Waals surface area contributed by atoms with Crippen molar-refractivity contribution < 1.29 is 9.90 Å². The summed E-state index contributed by atoms with van der Waals surface area (Å²) in [6, 6.07) is 0. The van der Waals surface area contributed by atoms with Crippen molar-refractivity contribution in [1.82, 2.24) is 0 Å².